The molecule has 1 fully saturated rings. The van der Waals surface area contributed by atoms with Crippen molar-refractivity contribution in [1.29, 1.82) is 0 Å². The molecule has 1 amide bonds. The standard InChI is InChI=1S/C15H22N2O3/c1-11(12-3-2-4-13(18)9-12)17-15(19)10-20-14-5-7-16-8-6-14/h2-4,9,11,14,16,18H,5-8,10H2,1H3,(H,17,19). The third-order valence-electron chi connectivity index (χ3n) is 3.48. The van der Waals surface area contributed by atoms with Gasteiger partial charge in [-0.25, -0.2) is 0 Å². The Kier molecular flexibility index (Phi) is 5.38. The zero-order valence-corrected chi connectivity index (χ0v) is 11.8. The van der Waals surface area contributed by atoms with Crippen LogP contribution in [0, 0.1) is 0 Å². The quantitative estimate of drug-likeness (QED) is 0.760. The van der Waals surface area contributed by atoms with E-state index >= 15 is 0 Å². The van der Waals surface area contributed by atoms with Gasteiger partial charge in [0.2, 0.25) is 5.91 Å². The molecule has 0 aliphatic carbocycles. The number of carbonyl (C=O) groups excluding carboxylic acids is 1. The van der Waals surface area contributed by atoms with Crippen molar-refractivity contribution in [3.05, 3.63) is 29.8 Å². The summed E-state index contributed by atoms with van der Waals surface area (Å²) in [5.41, 5.74) is 0.875. The number of phenolic OH excluding ortho intramolecular Hbond substituents is 1. The summed E-state index contributed by atoms with van der Waals surface area (Å²) in [6, 6.07) is 6.75. The molecule has 3 N–H and O–H groups in total. The zero-order valence-electron chi connectivity index (χ0n) is 11.8. The summed E-state index contributed by atoms with van der Waals surface area (Å²) in [4.78, 5) is 11.8. The lowest BCUT2D eigenvalue weighted by Crippen LogP contribution is -2.36. The number of rotatable bonds is 5. The van der Waals surface area contributed by atoms with E-state index in [0.29, 0.717) is 0 Å². The Labute approximate surface area is 119 Å². The molecule has 0 bridgehead atoms. The maximum absolute atomic E-state index is 11.8. The van der Waals surface area contributed by atoms with E-state index < -0.39 is 0 Å². The number of carbonyl (C=O) groups is 1. The third kappa shape index (κ3) is 4.51. The van der Waals surface area contributed by atoms with Crippen LogP contribution >= 0.6 is 0 Å². The molecular formula is C15H22N2O3. The summed E-state index contributed by atoms with van der Waals surface area (Å²) >= 11 is 0. The molecule has 5 nitrogen and oxygen atoms in total. The smallest absolute Gasteiger partial charge is 0.246 e. The van der Waals surface area contributed by atoms with E-state index in [2.05, 4.69) is 10.6 Å². The first-order chi connectivity index (χ1) is 9.65. The Morgan fingerprint density at radius 3 is 2.95 bits per heavy atom. The minimum absolute atomic E-state index is 0.0911. The van der Waals surface area contributed by atoms with Crippen molar-refractivity contribution >= 4 is 5.91 Å². The van der Waals surface area contributed by atoms with Crippen molar-refractivity contribution in [2.75, 3.05) is 19.7 Å². The Morgan fingerprint density at radius 1 is 1.50 bits per heavy atom. The lowest BCUT2D eigenvalue weighted by atomic mass is 10.1. The molecule has 0 spiro atoms. The van der Waals surface area contributed by atoms with Gasteiger partial charge in [-0.05, 0) is 50.6 Å². The monoisotopic (exact) mass is 278 g/mol. The first kappa shape index (κ1) is 14.8. The van der Waals surface area contributed by atoms with Gasteiger partial charge in [0.25, 0.3) is 0 Å². The fourth-order valence-corrected chi connectivity index (χ4v) is 2.32. The van der Waals surface area contributed by atoms with E-state index in [4.69, 9.17) is 4.74 Å². The average molecular weight is 278 g/mol. The number of ether oxygens (including phenoxy) is 1. The molecule has 0 saturated carbocycles. The Balaban J connectivity index is 1.76. The molecule has 1 saturated heterocycles. The van der Waals surface area contributed by atoms with Crippen LogP contribution in [-0.4, -0.2) is 36.8 Å². The highest BCUT2D eigenvalue weighted by atomic mass is 16.5. The van der Waals surface area contributed by atoms with Crippen LogP contribution in [0.5, 0.6) is 5.75 Å². The largest absolute Gasteiger partial charge is 0.508 e. The van der Waals surface area contributed by atoms with E-state index in [1.807, 2.05) is 13.0 Å². The molecule has 20 heavy (non-hydrogen) atoms. The number of hydrogen-bond donors (Lipinski definition) is 3. The summed E-state index contributed by atoms with van der Waals surface area (Å²) in [7, 11) is 0. The first-order valence-corrected chi connectivity index (χ1v) is 7.06. The predicted molar refractivity (Wildman–Crippen MR) is 76.5 cm³/mol. The minimum atomic E-state index is -0.147. The molecule has 0 radical (unpaired) electrons. The van der Waals surface area contributed by atoms with Gasteiger partial charge in [0.1, 0.15) is 12.4 Å². The highest BCUT2D eigenvalue weighted by Crippen LogP contribution is 2.17. The van der Waals surface area contributed by atoms with Crippen LogP contribution in [0.15, 0.2) is 24.3 Å². The second-order valence-corrected chi connectivity index (χ2v) is 5.14. The number of phenols is 1. The number of piperidine rings is 1. The van der Waals surface area contributed by atoms with Gasteiger partial charge in [-0.2, -0.15) is 0 Å². The second kappa shape index (κ2) is 7.26. The molecule has 1 unspecified atom stereocenters. The average Bonchev–Trinajstić information content (AvgIpc) is 2.46. The Hall–Kier alpha value is -1.59. The van der Waals surface area contributed by atoms with E-state index in [1.54, 1.807) is 18.2 Å². The summed E-state index contributed by atoms with van der Waals surface area (Å²) in [5, 5.41) is 15.6. The SMILES string of the molecule is CC(NC(=O)COC1CCNCC1)c1cccc(O)c1. The van der Waals surface area contributed by atoms with Gasteiger partial charge < -0.3 is 20.5 Å². The Morgan fingerprint density at radius 2 is 2.25 bits per heavy atom. The van der Waals surface area contributed by atoms with Crippen molar-refractivity contribution < 1.29 is 14.6 Å². The summed E-state index contributed by atoms with van der Waals surface area (Å²) in [6.45, 7) is 3.88. The second-order valence-electron chi connectivity index (χ2n) is 5.14. The lowest BCUT2D eigenvalue weighted by Gasteiger charge is -2.23. The van der Waals surface area contributed by atoms with E-state index in [0.717, 1.165) is 31.5 Å². The van der Waals surface area contributed by atoms with Gasteiger partial charge in [-0.1, -0.05) is 12.1 Å². The molecule has 1 atom stereocenters. The molecule has 0 aromatic heterocycles. The highest BCUT2D eigenvalue weighted by Gasteiger charge is 2.16. The summed E-state index contributed by atoms with van der Waals surface area (Å²) < 4.78 is 5.60. The van der Waals surface area contributed by atoms with Crippen molar-refractivity contribution in [1.82, 2.24) is 10.6 Å². The normalized spacial score (nSPS) is 17.6. The summed E-state index contributed by atoms with van der Waals surface area (Å²) in [5.74, 6) is 0.0777. The van der Waals surface area contributed by atoms with E-state index in [1.165, 1.54) is 0 Å². The summed E-state index contributed by atoms with van der Waals surface area (Å²) in [6.07, 6.45) is 2.09. The van der Waals surface area contributed by atoms with Gasteiger partial charge in [0, 0.05) is 0 Å². The maximum Gasteiger partial charge on any atom is 0.246 e. The Bertz CT molecular complexity index is 444. The fraction of sp³-hybridized carbons (Fsp3) is 0.533. The molecule has 1 heterocycles. The third-order valence-corrected chi connectivity index (χ3v) is 3.48. The number of nitrogens with one attached hydrogen (secondary N) is 2. The van der Waals surface area contributed by atoms with Crippen LogP contribution in [0.25, 0.3) is 0 Å². The van der Waals surface area contributed by atoms with Gasteiger partial charge in [0.15, 0.2) is 0 Å². The van der Waals surface area contributed by atoms with Crippen LogP contribution < -0.4 is 10.6 Å². The van der Waals surface area contributed by atoms with Crippen LogP contribution in [-0.2, 0) is 9.53 Å². The molecule has 1 aromatic carbocycles. The maximum atomic E-state index is 11.8. The zero-order chi connectivity index (χ0) is 14.4. The fourth-order valence-electron chi connectivity index (χ4n) is 2.32. The number of hydrogen-bond acceptors (Lipinski definition) is 4. The van der Waals surface area contributed by atoms with Crippen molar-refractivity contribution in [3.63, 3.8) is 0 Å². The topological polar surface area (TPSA) is 70.6 Å². The molecule has 5 heteroatoms. The number of aromatic hydroxyl groups is 1. The minimum Gasteiger partial charge on any atom is -0.508 e. The molecule has 1 aliphatic heterocycles. The van der Waals surface area contributed by atoms with Gasteiger partial charge in [0.05, 0.1) is 12.1 Å². The number of benzene rings is 1. The molecule has 1 aromatic rings. The molecular weight excluding hydrogens is 256 g/mol. The van der Waals surface area contributed by atoms with Crippen LogP contribution in [0.1, 0.15) is 31.4 Å². The van der Waals surface area contributed by atoms with Gasteiger partial charge in [-0.15, -0.1) is 0 Å². The highest BCUT2D eigenvalue weighted by molar-refractivity contribution is 5.77. The van der Waals surface area contributed by atoms with Crippen LogP contribution in [0.2, 0.25) is 0 Å². The van der Waals surface area contributed by atoms with Gasteiger partial charge in [-0.3, -0.25) is 4.79 Å². The van der Waals surface area contributed by atoms with Crippen molar-refractivity contribution in [3.8, 4) is 5.75 Å². The number of amides is 1. The van der Waals surface area contributed by atoms with Gasteiger partial charge >= 0.3 is 0 Å². The van der Waals surface area contributed by atoms with Crippen molar-refractivity contribution in [2.24, 2.45) is 0 Å². The van der Waals surface area contributed by atoms with E-state index in [-0.39, 0.29) is 30.4 Å². The molecule has 2 rings (SSSR count). The first-order valence-electron chi connectivity index (χ1n) is 7.06. The van der Waals surface area contributed by atoms with E-state index in [9.17, 15) is 9.90 Å². The van der Waals surface area contributed by atoms with Crippen molar-refractivity contribution in [2.45, 2.75) is 31.9 Å². The van der Waals surface area contributed by atoms with Crippen LogP contribution in [0.4, 0.5) is 0 Å². The molecule has 110 valence electrons. The lowest BCUT2D eigenvalue weighted by molar-refractivity contribution is -0.128. The molecule has 1 aliphatic rings. The predicted octanol–water partition coefficient (Wildman–Crippen LogP) is 1.34. The van der Waals surface area contributed by atoms with Crippen LogP contribution in [0.3, 0.4) is 0 Å².